The molecule has 1 aromatic heterocycles. The highest BCUT2D eigenvalue weighted by molar-refractivity contribution is 6.23. The standard InChI is InChI=1S/C29H28F3N5O4/c1-28(2)26(39)37(22-8-10-23(11-9-22)41-29(30,31)32)27(40)36(28)19-20-12-13-33-18-24(20)25(38)35-16-14-34(15-17-35)21-6-4-3-5-7-21/h3-13,18H,14-17,19H2,1-2H3. The lowest BCUT2D eigenvalue weighted by Crippen LogP contribution is -2.49. The second kappa shape index (κ2) is 10.8. The Morgan fingerprint density at radius 3 is 2.22 bits per heavy atom. The van der Waals surface area contributed by atoms with Crippen molar-refractivity contribution < 1.29 is 32.3 Å². The van der Waals surface area contributed by atoms with E-state index in [1.807, 2.05) is 30.3 Å². The van der Waals surface area contributed by atoms with Gasteiger partial charge in [-0.3, -0.25) is 14.6 Å². The summed E-state index contributed by atoms with van der Waals surface area (Å²) in [7, 11) is 0. The Morgan fingerprint density at radius 2 is 1.59 bits per heavy atom. The van der Waals surface area contributed by atoms with E-state index in [9.17, 15) is 27.6 Å². The van der Waals surface area contributed by atoms with Gasteiger partial charge in [0.1, 0.15) is 11.3 Å². The lowest BCUT2D eigenvalue weighted by Gasteiger charge is -2.36. The highest BCUT2D eigenvalue weighted by Gasteiger charge is 2.52. The Kier molecular flexibility index (Phi) is 7.33. The van der Waals surface area contributed by atoms with Crippen molar-refractivity contribution in [3.05, 3.63) is 84.2 Å². The third-order valence-corrected chi connectivity index (χ3v) is 7.31. The molecular formula is C29H28F3N5O4. The smallest absolute Gasteiger partial charge is 0.406 e. The number of carbonyl (C=O) groups excluding carboxylic acids is 3. The number of alkyl halides is 3. The van der Waals surface area contributed by atoms with Crippen LogP contribution in [0.5, 0.6) is 5.75 Å². The minimum atomic E-state index is -4.87. The summed E-state index contributed by atoms with van der Waals surface area (Å²) in [6.45, 7) is 5.47. The molecule has 2 aliphatic rings. The Bertz CT molecular complexity index is 1440. The number of ether oxygens (including phenoxy) is 1. The molecule has 2 aromatic carbocycles. The molecule has 0 spiro atoms. The number of halogens is 3. The van der Waals surface area contributed by atoms with E-state index in [-0.39, 0.29) is 18.1 Å². The van der Waals surface area contributed by atoms with Crippen LogP contribution in [0.3, 0.4) is 0 Å². The van der Waals surface area contributed by atoms with Gasteiger partial charge in [-0.15, -0.1) is 13.2 Å². The van der Waals surface area contributed by atoms with Crippen LogP contribution in [0.2, 0.25) is 0 Å². The molecule has 0 unspecified atom stereocenters. The lowest BCUT2D eigenvalue weighted by molar-refractivity contribution is -0.274. The Hall–Kier alpha value is -4.61. The van der Waals surface area contributed by atoms with Crippen LogP contribution in [0.15, 0.2) is 73.1 Å². The van der Waals surface area contributed by atoms with Crippen LogP contribution in [0.25, 0.3) is 0 Å². The first kappa shape index (κ1) is 27.9. The molecule has 3 heterocycles. The molecule has 0 saturated carbocycles. The van der Waals surface area contributed by atoms with E-state index in [1.165, 1.54) is 29.4 Å². The van der Waals surface area contributed by atoms with Crippen molar-refractivity contribution in [1.29, 1.82) is 0 Å². The van der Waals surface area contributed by atoms with Crippen molar-refractivity contribution in [3.8, 4) is 5.75 Å². The van der Waals surface area contributed by atoms with Gasteiger partial charge in [-0.1, -0.05) is 18.2 Å². The second-order valence-corrected chi connectivity index (χ2v) is 10.3. The van der Waals surface area contributed by atoms with E-state index in [0.717, 1.165) is 22.7 Å². The van der Waals surface area contributed by atoms with Crippen molar-refractivity contribution in [3.63, 3.8) is 0 Å². The molecule has 3 aromatic rings. The van der Waals surface area contributed by atoms with Gasteiger partial charge in [-0.25, -0.2) is 9.69 Å². The van der Waals surface area contributed by atoms with Gasteiger partial charge >= 0.3 is 12.4 Å². The van der Waals surface area contributed by atoms with E-state index in [2.05, 4.69) is 14.6 Å². The maximum atomic E-state index is 13.6. The molecule has 0 bridgehead atoms. The van der Waals surface area contributed by atoms with Crippen LogP contribution in [-0.4, -0.2) is 70.7 Å². The molecule has 2 aliphatic heterocycles. The summed E-state index contributed by atoms with van der Waals surface area (Å²) >= 11 is 0. The van der Waals surface area contributed by atoms with Crippen molar-refractivity contribution >= 4 is 29.2 Å². The number of hydrogen-bond donors (Lipinski definition) is 0. The van der Waals surface area contributed by atoms with Crippen LogP contribution in [0, 0.1) is 0 Å². The van der Waals surface area contributed by atoms with Crippen molar-refractivity contribution in [1.82, 2.24) is 14.8 Å². The lowest BCUT2D eigenvalue weighted by atomic mass is 10.0. The minimum absolute atomic E-state index is 0.0447. The first-order chi connectivity index (χ1) is 19.5. The fourth-order valence-corrected chi connectivity index (χ4v) is 5.03. The largest absolute Gasteiger partial charge is 0.573 e. The molecule has 0 N–H and O–H groups in total. The number of aromatic nitrogens is 1. The zero-order valence-electron chi connectivity index (χ0n) is 22.5. The van der Waals surface area contributed by atoms with Crippen molar-refractivity contribution in [2.75, 3.05) is 36.0 Å². The molecular weight excluding hydrogens is 539 g/mol. The number of imide groups is 1. The average Bonchev–Trinajstić information content (AvgIpc) is 3.12. The summed E-state index contributed by atoms with van der Waals surface area (Å²) < 4.78 is 41.5. The predicted molar refractivity (Wildman–Crippen MR) is 144 cm³/mol. The highest BCUT2D eigenvalue weighted by atomic mass is 19.4. The summed E-state index contributed by atoms with van der Waals surface area (Å²) in [5, 5.41) is 0. The zero-order valence-corrected chi connectivity index (χ0v) is 22.5. The van der Waals surface area contributed by atoms with Crippen LogP contribution in [0.1, 0.15) is 29.8 Å². The molecule has 0 radical (unpaired) electrons. The fourth-order valence-electron chi connectivity index (χ4n) is 5.03. The van der Waals surface area contributed by atoms with Crippen LogP contribution in [0.4, 0.5) is 29.3 Å². The summed E-state index contributed by atoms with van der Waals surface area (Å²) in [4.78, 5) is 50.7. The van der Waals surface area contributed by atoms with Gasteiger partial charge in [-0.2, -0.15) is 0 Å². The van der Waals surface area contributed by atoms with Gasteiger partial charge in [0, 0.05) is 50.8 Å². The number of anilines is 2. The van der Waals surface area contributed by atoms with Crippen LogP contribution >= 0.6 is 0 Å². The molecule has 0 atom stereocenters. The molecule has 214 valence electrons. The van der Waals surface area contributed by atoms with Crippen LogP contribution in [-0.2, 0) is 11.3 Å². The van der Waals surface area contributed by atoms with E-state index in [0.29, 0.717) is 37.3 Å². The number of pyridine rings is 1. The van der Waals surface area contributed by atoms with E-state index < -0.39 is 29.6 Å². The fraction of sp³-hybridized carbons (Fsp3) is 0.310. The monoisotopic (exact) mass is 567 g/mol. The molecule has 4 amide bonds. The number of urea groups is 1. The number of rotatable bonds is 6. The van der Waals surface area contributed by atoms with Gasteiger partial charge in [-0.05, 0) is 61.9 Å². The molecule has 0 aliphatic carbocycles. The average molecular weight is 568 g/mol. The third-order valence-electron chi connectivity index (χ3n) is 7.31. The van der Waals surface area contributed by atoms with Gasteiger partial charge in [0.05, 0.1) is 11.3 Å². The number of hydrogen-bond acceptors (Lipinski definition) is 6. The Labute approximate surface area is 234 Å². The highest BCUT2D eigenvalue weighted by Crippen LogP contribution is 2.35. The maximum absolute atomic E-state index is 13.6. The number of carbonyl (C=O) groups is 3. The van der Waals surface area contributed by atoms with Gasteiger partial charge in [0.25, 0.3) is 11.8 Å². The van der Waals surface area contributed by atoms with Crippen LogP contribution < -0.4 is 14.5 Å². The van der Waals surface area contributed by atoms with Gasteiger partial charge in [0.15, 0.2) is 0 Å². The molecule has 2 saturated heterocycles. The summed E-state index contributed by atoms with van der Waals surface area (Å²) in [5.41, 5.74) is 0.772. The summed E-state index contributed by atoms with van der Waals surface area (Å²) in [6.07, 6.45) is -1.88. The Balaban J connectivity index is 1.32. The first-order valence-corrected chi connectivity index (χ1v) is 13.0. The number of benzene rings is 2. The number of amides is 4. The Morgan fingerprint density at radius 1 is 0.927 bits per heavy atom. The number of para-hydroxylation sites is 1. The summed E-state index contributed by atoms with van der Waals surface area (Å²) in [5.74, 6) is -1.24. The van der Waals surface area contributed by atoms with Crippen molar-refractivity contribution in [2.45, 2.75) is 32.3 Å². The second-order valence-electron chi connectivity index (χ2n) is 10.3. The summed E-state index contributed by atoms with van der Waals surface area (Å²) in [6, 6.07) is 15.4. The van der Waals surface area contributed by atoms with E-state index >= 15 is 0 Å². The number of nitrogens with zero attached hydrogens (tertiary/aromatic N) is 5. The molecule has 12 heteroatoms. The topological polar surface area (TPSA) is 86.3 Å². The molecule has 9 nitrogen and oxygen atoms in total. The molecule has 2 fully saturated rings. The minimum Gasteiger partial charge on any atom is -0.406 e. The zero-order chi connectivity index (χ0) is 29.4. The van der Waals surface area contributed by atoms with E-state index in [4.69, 9.17) is 0 Å². The van der Waals surface area contributed by atoms with E-state index in [1.54, 1.807) is 24.8 Å². The van der Waals surface area contributed by atoms with Gasteiger partial charge in [0.2, 0.25) is 0 Å². The number of piperazine rings is 1. The predicted octanol–water partition coefficient (Wildman–Crippen LogP) is 4.69. The quantitative estimate of drug-likeness (QED) is 0.402. The maximum Gasteiger partial charge on any atom is 0.573 e. The molecule has 41 heavy (non-hydrogen) atoms. The molecule has 5 rings (SSSR count). The SMILES string of the molecule is CC1(C)C(=O)N(c2ccc(OC(F)(F)F)cc2)C(=O)N1Cc1ccncc1C(=O)N1CCN(c2ccccc2)CC1. The third kappa shape index (κ3) is 5.67. The first-order valence-electron chi connectivity index (χ1n) is 13.0. The normalized spacial score (nSPS) is 17.3. The van der Waals surface area contributed by atoms with Crippen molar-refractivity contribution in [2.24, 2.45) is 0 Å². The van der Waals surface area contributed by atoms with Gasteiger partial charge < -0.3 is 19.4 Å².